The van der Waals surface area contributed by atoms with Crippen molar-refractivity contribution in [3.05, 3.63) is 166 Å². The number of aromatic nitrogens is 3. The molecule has 3 aliphatic rings. The van der Waals surface area contributed by atoms with Gasteiger partial charge in [0, 0.05) is 88.5 Å². The molecule has 0 N–H and O–H groups in total. The molecule has 5 nitrogen and oxygen atoms in total. The summed E-state index contributed by atoms with van der Waals surface area (Å²) in [5.74, 6) is 0. The summed E-state index contributed by atoms with van der Waals surface area (Å²) >= 11 is 1.90. The Morgan fingerprint density at radius 1 is 0.402 bits per heavy atom. The van der Waals surface area contributed by atoms with Gasteiger partial charge in [0.15, 0.2) is 0 Å². The zero-order valence-electron chi connectivity index (χ0n) is 63.5. The summed E-state index contributed by atoms with van der Waals surface area (Å²) in [4.78, 5) is 16.4. The van der Waals surface area contributed by atoms with Crippen molar-refractivity contribution in [2.45, 2.75) is 314 Å². The van der Waals surface area contributed by atoms with E-state index in [-0.39, 0.29) is 65.9 Å². The Bertz CT molecular complexity index is 2780. The van der Waals surface area contributed by atoms with E-state index < -0.39 is 0 Å². The maximum atomic E-state index is 5.38. The van der Waals surface area contributed by atoms with E-state index in [9.17, 15) is 0 Å². The number of hydrogen-bond donors (Lipinski definition) is 0. The first-order valence-corrected chi connectivity index (χ1v) is 33.3. The van der Waals surface area contributed by atoms with Gasteiger partial charge in [-0.3, -0.25) is 19.9 Å². The molecule has 0 aliphatic carbocycles. The van der Waals surface area contributed by atoms with Crippen LogP contribution in [0.4, 0.5) is 0 Å². The Morgan fingerprint density at radius 3 is 1.14 bits per heavy atom. The van der Waals surface area contributed by atoms with Crippen molar-refractivity contribution in [1.29, 1.82) is 0 Å². The second-order valence-electron chi connectivity index (χ2n) is 32.2. The zero-order valence-corrected chi connectivity index (χ0v) is 67.1. The fourth-order valence-electron chi connectivity index (χ4n) is 11.8. The summed E-state index contributed by atoms with van der Waals surface area (Å²) in [7, 11) is 0. The number of rotatable bonds is 0. The van der Waals surface area contributed by atoms with Crippen LogP contribution in [0.15, 0.2) is 48.1 Å². The molecule has 1 aromatic carbocycles. The molecular formula is C80H131N4OSY-. The van der Waals surface area contributed by atoms with Gasteiger partial charge in [0.05, 0.1) is 6.26 Å². The second kappa shape index (κ2) is 34.5. The quantitative estimate of drug-likeness (QED) is 0.164. The number of thioether (sulfide) groups is 1. The maximum absolute atomic E-state index is 5.38. The van der Waals surface area contributed by atoms with Crippen LogP contribution in [0.1, 0.15) is 277 Å². The SMILES string of the molecule is CC(C)(C)C1C=CC=CO1.CC(C)(C)C1C=CC=CS1.CC(C)(C)N1CCCCC1.Cc1[c-]c(C)c(C)c(C(C)(C)C)c1C.Cc1nc(C(C)(C)C)c(C)c(C)c1C.Cc1nc(C)c(C(C)(C)C)c(C)c1C.Cc1nc(C)c(C)c(C(C)(C)C)c1C.[Y]. The van der Waals surface area contributed by atoms with Crippen molar-refractivity contribution in [3.8, 4) is 0 Å². The number of allylic oxidation sites excluding steroid dienone is 4. The molecule has 0 spiro atoms. The summed E-state index contributed by atoms with van der Waals surface area (Å²) in [6.07, 6.45) is 18.7. The second-order valence-corrected chi connectivity index (χ2v) is 33.3. The number of ether oxygens (including phenoxy) is 1. The van der Waals surface area contributed by atoms with Crippen LogP contribution in [-0.4, -0.2) is 49.8 Å². The average Bonchev–Trinajstić information content (AvgIpc) is 3.60. The van der Waals surface area contributed by atoms with Gasteiger partial charge < -0.3 is 4.74 Å². The van der Waals surface area contributed by atoms with E-state index in [0.717, 1.165) is 22.8 Å². The molecule has 487 valence electrons. The van der Waals surface area contributed by atoms with Crippen molar-refractivity contribution in [2.75, 3.05) is 13.1 Å². The number of piperidine rings is 1. The van der Waals surface area contributed by atoms with Crippen molar-refractivity contribution in [2.24, 2.45) is 10.8 Å². The third-order valence-electron chi connectivity index (χ3n) is 17.3. The maximum Gasteiger partial charge on any atom is 0.121 e. The number of aryl methyl sites for hydroxylation is 7. The smallest absolute Gasteiger partial charge is 0.121 e. The fraction of sp³-hybridized carbons (Fsp3) is 0.637. The van der Waals surface area contributed by atoms with E-state index in [1.165, 1.54) is 122 Å². The summed E-state index contributed by atoms with van der Waals surface area (Å²) in [6.45, 7) is 84.3. The first kappa shape index (κ1) is 83.8. The molecule has 2 atom stereocenters. The molecule has 1 fully saturated rings. The van der Waals surface area contributed by atoms with Gasteiger partial charge in [-0.05, 0) is 219 Å². The molecule has 0 amide bonds. The van der Waals surface area contributed by atoms with Crippen molar-refractivity contribution in [3.63, 3.8) is 0 Å². The van der Waals surface area contributed by atoms with E-state index in [0.29, 0.717) is 16.2 Å². The fourth-order valence-corrected chi connectivity index (χ4v) is 12.7. The van der Waals surface area contributed by atoms with Gasteiger partial charge in [0.1, 0.15) is 6.10 Å². The minimum Gasteiger partial charge on any atom is -0.493 e. The Kier molecular flexibility index (Phi) is 33.2. The first-order chi connectivity index (χ1) is 38.8. The van der Waals surface area contributed by atoms with Gasteiger partial charge in [-0.25, -0.2) is 0 Å². The van der Waals surface area contributed by atoms with E-state index in [4.69, 9.17) is 9.72 Å². The largest absolute Gasteiger partial charge is 0.493 e. The number of pyridine rings is 3. The van der Waals surface area contributed by atoms with Gasteiger partial charge in [-0.1, -0.05) is 183 Å². The van der Waals surface area contributed by atoms with Gasteiger partial charge in [0.2, 0.25) is 0 Å². The number of benzene rings is 1. The van der Waals surface area contributed by atoms with Crippen LogP contribution in [0, 0.1) is 128 Å². The number of hydrogen-bond acceptors (Lipinski definition) is 6. The third kappa shape index (κ3) is 26.5. The molecule has 7 rings (SSSR count). The zero-order chi connectivity index (χ0) is 67.2. The molecule has 2 unspecified atom stereocenters. The summed E-state index contributed by atoms with van der Waals surface area (Å²) in [5.41, 5.74) is 28.1. The van der Waals surface area contributed by atoms with E-state index >= 15 is 0 Å². The topological polar surface area (TPSA) is 51.1 Å². The van der Waals surface area contributed by atoms with Crippen molar-refractivity contribution in [1.82, 2.24) is 19.9 Å². The summed E-state index contributed by atoms with van der Waals surface area (Å²) in [6, 6.07) is 3.42. The van der Waals surface area contributed by atoms with E-state index in [2.05, 4.69) is 307 Å². The molecular weight excluding hydrogens is 1150 g/mol. The molecule has 1 radical (unpaired) electrons. The van der Waals surface area contributed by atoms with E-state index in [1.807, 2.05) is 23.9 Å². The normalized spacial score (nSPS) is 16.1. The van der Waals surface area contributed by atoms with Crippen LogP contribution in [0.25, 0.3) is 0 Å². The molecule has 0 saturated carbocycles. The molecule has 4 aromatic rings. The molecule has 1 saturated heterocycles. The van der Waals surface area contributed by atoms with Gasteiger partial charge in [0.25, 0.3) is 0 Å². The van der Waals surface area contributed by atoms with Crippen LogP contribution in [0.5, 0.6) is 0 Å². The Hall–Kier alpha value is -3.16. The van der Waals surface area contributed by atoms with Gasteiger partial charge in [-0.15, -0.1) is 17.3 Å². The van der Waals surface area contributed by atoms with Crippen LogP contribution >= 0.6 is 11.8 Å². The number of nitrogens with zero attached hydrogens (tertiary/aromatic N) is 4. The molecule has 3 aliphatic heterocycles. The minimum absolute atomic E-state index is 0. The van der Waals surface area contributed by atoms with Crippen LogP contribution in [0.3, 0.4) is 0 Å². The summed E-state index contributed by atoms with van der Waals surface area (Å²) in [5, 5.41) is 2.81. The van der Waals surface area contributed by atoms with Crippen molar-refractivity contribution < 1.29 is 37.4 Å². The van der Waals surface area contributed by atoms with Gasteiger partial charge >= 0.3 is 0 Å². The Labute approximate surface area is 568 Å². The van der Waals surface area contributed by atoms with Crippen molar-refractivity contribution >= 4 is 11.8 Å². The van der Waals surface area contributed by atoms with E-state index in [1.54, 1.807) is 6.26 Å². The predicted octanol–water partition coefficient (Wildman–Crippen LogP) is 22.8. The average molecular weight is 1290 g/mol. The Morgan fingerprint density at radius 2 is 0.805 bits per heavy atom. The summed E-state index contributed by atoms with van der Waals surface area (Å²) < 4.78 is 5.38. The third-order valence-corrected chi connectivity index (χ3v) is 18.7. The predicted molar refractivity (Wildman–Crippen MR) is 385 cm³/mol. The molecule has 7 heteroatoms. The van der Waals surface area contributed by atoms with Crippen LogP contribution in [0.2, 0.25) is 0 Å². The number of likely N-dealkylation sites (tertiary alicyclic amines) is 1. The molecule has 6 heterocycles. The minimum atomic E-state index is 0. The first-order valence-electron chi connectivity index (χ1n) is 32.4. The molecule has 0 bridgehead atoms. The standard InChI is InChI=1S/C14H21.3C13H21N.C9H19N.C9H14O.C9H14S.Y/c1-9-8-10(2)12(4)13(11(9)3)14(5,6)7;1-8-10(3)14-11(4)9(2)12(8)13(5,6)7;1-8-9(2)12(13(5,6)7)11(4)14-10(8)3;1-8-9(2)11(4)14-12(10(8)3)13(5,6)7;1-9(2,3)10-7-5-4-6-8-10;2*1-9(2,3)8-6-4-5-7-10-8;/h4*1-7H3;4-8H2,1-3H3;2*4-8H,1-3H3;/q-1;;;;;;;. The Balaban J connectivity index is 0.000000995. The molecule has 87 heavy (non-hydrogen) atoms. The monoisotopic (exact) mass is 1280 g/mol. The molecule has 3 aromatic heterocycles. The van der Waals surface area contributed by atoms with Crippen LogP contribution in [-0.2, 0) is 59.1 Å². The van der Waals surface area contributed by atoms with Crippen LogP contribution < -0.4 is 0 Å². The van der Waals surface area contributed by atoms with Gasteiger partial charge in [-0.2, -0.15) is 28.3 Å².